The number of sulfonamides is 1. The first-order valence-corrected chi connectivity index (χ1v) is 7.21. The van der Waals surface area contributed by atoms with Gasteiger partial charge in [0.25, 0.3) is 5.82 Å². The molecule has 0 bridgehead atoms. The van der Waals surface area contributed by atoms with Gasteiger partial charge in [-0.05, 0) is 25.2 Å². The van der Waals surface area contributed by atoms with E-state index >= 15 is 0 Å². The number of ether oxygens (including phenoxy) is 1. The number of esters is 1. The van der Waals surface area contributed by atoms with Crippen molar-refractivity contribution in [3.05, 3.63) is 30.4 Å². The molecule has 21 heavy (non-hydrogen) atoms. The van der Waals surface area contributed by atoms with Crippen molar-refractivity contribution in [2.24, 2.45) is 0 Å². The molecule has 10 heteroatoms. The molecule has 1 aromatic carbocycles. The Morgan fingerprint density at radius 1 is 1.43 bits per heavy atom. The second-order valence-corrected chi connectivity index (χ2v) is 5.82. The van der Waals surface area contributed by atoms with Crippen LogP contribution in [-0.2, 0) is 14.8 Å². The number of nitrogens with two attached hydrogens (primary N) is 1. The van der Waals surface area contributed by atoms with Crippen LogP contribution in [0.2, 0.25) is 0 Å². The molecule has 3 N–H and O–H groups in total. The summed E-state index contributed by atoms with van der Waals surface area (Å²) in [6, 6.07) is 4.12. The van der Waals surface area contributed by atoms with E-state index < -0.39 is 16.0 Å². The summed E-state index contributed by atoms with van der Waals surface area (Å²) in [6.07, 6.45) is 1.24. The van der Waals surface area contributed by atoms with Crippen molar-refractivity contribution in [2.45, 2.75) is 4.90 Å². The van der Waals surface area contributed by atoms with Gasteiger partial charge in [0, 0.05) is 0 Å². The monoisotopic (exact) mass is 311 g/mol. The second kappa shape index (κ2) is 5.50. The lowest BCUT2D eigenvalue weighted by Gasteiger charge is -2.08. The van der Waals surface area contributed by atoms with Crippen LogP contribution in [0.3, 0.4) is 0 Å². The highest BCUT2D eigenvalue weighted by molar-refractivity contribution is 7.89. The summed E-state index contributed by atoms with van der Waals surface area (Å²) in [5, 5.41) is 3.90. The van der Waals surface area contributed by atoms with Crippen molar-refractivity contribution in [1.82, 2.24) is 19.5 Å². The maximum atomic E-state index is 11.8. The van der Waals surface area contributed by atoms with Crippen LogP contribution in [0, 0.1) is 0 Å². The van der Waals surface area contributed by atoms with E-state index in [0.717, 1.165) is 0 Å². The lowest BCUT2D eigenvalue weighted by atomic mass is 10.3. The summed E-state index contributed by atoms with van der Waals surface area (Å²) >= 11 is 0. The van der Waals surface area contributed by atoms with Crippen molar-refractivity contribution in [2.75, 3.05) is 19.9 Å². The minimum Gasteiger partial charge on any atom is -0.463 e. The highest BCUT2D eigenvalue weighted by atomic mass is 32.2. The number of anilines is 1. The minimum atomic E-state index is -3.62. The molecule has 2 aromatic rings. The molecule has 9 nitrogen and oxygen atoms in total. The van der Waals surface area contributed by atoms with E-state index in [1.165, 1.54) is 43.4 Å². The molecule has 112 valence electrons. The van der Waals surface area contributed by atoms with Crippen LogP contribution in [0.5, 0.6) is 0 Å². The van der Waals surface area contributed by atoms with E-state index in [1.807, 2.05) is 0 Å². The first-order valence-electron chi connectivity index (χ1n) is 5.72. The number of hydrogen-bond acceptors (Lipinski definition) is 7. The Kier molecular flexibility index (Phi) is 3.91. The van der Waals surface area contributed by atoms with Gasteiger partial charge in [-0.1, -0.05) is 0 Å². The zero-order valence-electron chi connectivity index (χ0n) is 11.3. The highest BCUT2D eigenvalue weighted by Gasteiger charge is 2.17. The van der Waals surface area contributed by atoms with Gasteiger partial charge in [0.2, 0.25) is 10.0 Å². The number of carbonyl (C=O) groups is 1. The number of aromatic nitrogens is 3. The number of methoxy groups -OCH3 is 1. The van der Waals surface area contributed by atoms with Gasteiger partial charge in [-0.2, -0.15) is 0 Å². The van der Waals surface area contributed by atoms with Crippen molar-refractivity contribution in [3.63, 3.8) is 0 Å². The number of benzene rings is 1. The zero-order valence-corrected chi connectivity index (χ0v) is 12.1. The molecule has 0 aliphatic heterocycles. The summed E-state index contributed by atoms with van der Waals surface area (Å²) in [6.45, 7) is 0. The van der Waals surface area contributed by atoms with Crippen LogP contribution in [-0.4, -0.2) is 43.3 Å². The third kappa shape index (κ3) is 2.85. The Morgan fingerprint density at radius 2 is 2.14 bits per heavy atom. The summed E-state index contributed by atoms with van der Waals surface area (Å²) in [7, 11) is -1.11. The fourth-order valence-electron chi connectivity index (χ4n) is 1.57. The summed E-state index contributed by atoms with van der Waals surface area (Å²) in [5.74, 6) is -0.856. The average Bonchev–Trinajstić information content (AvgIpc) is 2.96. The van der Waals surface area contributed by atoms with E-state index in [9.17, 15) is 13.2 Å². The second-order valence-electron chi connectivity index (χ2n) is 3.93. The Morgan fingerprint density at radius 3 is 2.76 bits per heavy atom. The van der Waals surface area contributed by atoms with Crippen LogP contribution >= 0.6 is 0 Å². The van der Waals surface area contributed by atoms with Gasteiger partial charge < -0.3 is 10.5 Å². The highest BCUT2D eigenvalue weighted by Crippen LogP contribution is 2.21. The lowest BCUT2D eigenvalue weighted by Crippen LogP contribution is -2.19. The summed E-state index contributed by atoms with van der Waals surface area (Å²) in [4.78, 5) is 15.1. The smallest absolute Gasteiger partial charge is 0.377 e. The van der Waals surface area contributed by atoms with Crippen LogP contribution in [0.4, 0.5) is 5.69 Å². The largest absolute Gasteiger partial charge is 0.463 e. The SMILES string of the molecule is CNS(=O)(=O)c1ccc(N)c(-n2cnc(C(=O)OC)n2)c1. The first kappa shape index (κ1) is 14.9. The first-order chi connectivity index (χ1) is 9.89. The van der Waals surface area contributed by atoms with E-state index in [0.29, 0.717) is 0 Å². The van der Waals surface area contributed by atoms with Gasteiger partial charge in [0.1, 0.15) is 6.33 Å². The number of hydrogen-bond donors (Lipinski definition) is 2. The number of carbonyl (C=O) groups excluding carboxylic acids is 1. The normalized spacial score (nSPS) is 11.3. The fourth-order valence-corrected chi connectivity index (χ4v) is 2.32. The molecule has 0 spiro atoms. The van der Waals surface area contributed by atoms with Gasteiger partial charge in [0.15, 0.2) is 0 Å². The van der Waals surface area contributed by atoms with E-state index in [1.54, 1.807) is 0 Å². The van der Waals surface area contributed by atoms with Gasteiger partial charge in [0.05, 0.1) is 23.4 Å². The molecule has 1 aromatic heterocycles. The molecule has 0 unspecified atom stereocenters. The van der Waals surface area contributed by atoms with Gasteiger partial charge in [-0.25, -0.2) is 27.6 Å². The van der Waals surface area contributed by atoms with Crippen LogP contribution in [0.15, 0.2) is 29.4 Å². The van der Waals surface area contributed by atoms with Crippen LogP contribution in [0.25, 0.3) is 5.69 Å². The van der Waals surface area contributed by atoms with Crippen LogP contribution in [0.1, 0.15) is 10.6 Å². The number of nitrogens with zero attached hydrogens (tertiary/aromatic N) is 3. The molecule has 0 saturated heterocycles. The van der Waals surface area contributed by atoms with Gasteiger partial charge in [-0.3, -0.25) is 0 Å². The van der Waals surface area contributed by atoms with E-state index in [2.05, 4.69) is 19.5 Å². The molecule has 0 atom stereocenters. The molecule has 0 amide bonds. The Hall–Kier alpha value is -2.46. The molecular weight excluding hydrogens is 298 g/mol. The molecule has 0 radical (unpaired) electrons. The summed E-state index contributed by atoms with van der Waals surface area (Å²) < 4.78 is 31.5. The molecule has 2 rings (SSSR count). The van der Waals surface area contributed by atoms with Gasteiger partial charge >= 0.3 is 5.97 Å². The van der Waals surface area contributed by atoms with Crippen LogP contribution < -0.4 is 10.5 Å². The van der Waals surface area contributed by atoms with Crippen molar-refractivity contribution < 1.29 is 17.9 Å². The van der Waals surface area contributed by atoms with E-state index in [4.69, 9.17) is 5.73 Å². The Balaban J connectivity index is 2.51. The quantitative estimate of drug-likeness (QED) is 0.577. The standard InChI is InChI=1S/C11H13N5O4S/c1-13-21(18,19)7-3-4-8(12)9(5-7)16-6-14-10(15-16)11(17)20-2/h3-6,13H,12H2,1-2H3. The number of nitrogen functional groups attached to an aromatic ring is 1. The minimum absolute atomic E-state index is 0.0179. The third-order valence-corrected chi connectivity index (χ3v) is 4.10. The fraction of sp³-hybridized carbons (Fsp3) is 0.182. The maximum absolute atomic E-state index is 11.8. The molecule has 0 aliphatic rings. The molecule has 0 aliphatic carbocycles. The van der Waals surface area contributed by atoms with Crippen molar-refractivity contribution >= 4 is 21.7 Å². The average molecular weight is 311 g/mol. The third-order valence-electron chi connectivity index (χ3n) is 2.69. The Labute approximate surface area is 120 Å². The molecule has 0 fully saturated rings. The molecule has 1 heterocycles. The predicted octanol–water partition coefficient (Wildman–Crippen LogP) is -0.456. The molecular formula is C11H13N5O4S. The lowest BCUT2D eigenvalue weighted by molar-refractivity contribution is 0.0587. The zero-order chi connectivity index (χ0) is 15.6. The number of rotatable bonds is 4. The summed E-state index contributed by atoms with van der Waals surface area (Å²) in [5.41, 5.74) is 6.37. The topological polar surface area (TPSA) is 129 Å². The number of nitrogens with one attached hydrogen (secondary N) is 1. The predicted molar refractivity (Wildman–Crippen MR) is 73.4 cm³/mol. The van der Waals surface area contributed by atoms with E-state index in [-0.39, 0.29) is 22.1 Å². The maximum Gasteiger partial charge on any atom is 0.377 e. The van der Waals surface area contributed by atoms with Gasteiger partial charge in [-0.15, -0.1) is 5.10 Å². The van der Waals surface area contributed by atoms with Crippen molar-refractivity contribution in [1.29, 1.82) is 0 Å². The molecule has 0 saturated carbocycles. The van der Waals surface area contributed by atoms with Crippen molar-refractivity contribution in [3.8, 4) is 5.69 Å². The Bertz CT molecular complexity index is 784.